The predicted octanol–water partition coefficient (Wildman–Crippen LogP) is 12.8. The van der Waals surface area contributed by atoms with Gasteiger partial charge in [-0.05, 0) is 81.9 Å². The van der Waals surface area contributed by atoms with Crippen LogP contribution in [0.25, 0.3) is 44.1 Å². The van der Waals surface area contributed by atoms with Crippen LogP contribution in [0.2, 0.25) is 25.2 Å². The van der Waals surface area contributed by atoms with Crippen molar-refractivity contribution in [1.29, 1.82) is 0 Å². The zero-order chi connectivity index (χ0) is 49.4. The standard InChI is InChI=1S/C30H26Cl2N4O2.C26H18Cl3N3O/c1-35-19-33-18-26(35)30(37,21-7-10-23(31)11-8-21)22-9-12-25-24(17-22)28(32)27(20-5-3-2-4-6-20)29(34-25)38-16-15-36-13-14-36;1-32-15-30-14-22(32)26(33,17-7-10-19(27)11-8-17)18-9-12-21-20(13-18)24(28)23(25(29)31-21)16-5-3-2-4-6-16/h2-12,17-19,37H,13-16H2,1H3;2-15,33H,1H3. The first-order valence-corrected chi connectivity index (χ1v) is 24.5. The lowest BCUT2D eigenvalue weighted by Crippen LogP contribution is -2.31. The summed E-state index contributed by atoms with van der Waals surface area (Å²) in [5.41, 5.74) is 5.26. The summed E-state index contributed by atoms with van der Waals surface area (Å²) in [5, 5.41) is 28.4. The number of nitrogens with zero attached hydrogens (tertiary/aromatic N) is 7. The number of fused-ring (bicyclic) bond motifs is 2. The minimum atomic E-state index is -1.51. The molecule has 5 heterocycles. The molecule has 0 saturated carbocycles. The molecule has 0 spiro atoms. The highest BCUT2D eigenvalue weighted by Gasteiger charge is 2.38. The van der Waals surface area contributed by atoms with E-state index in [9.17, 15) is 10.2 Å². The quantitative estimate of drug-likeness (QED) is 0.0919. The Kier molecular flexibility index (Phi) is 13.7. The number of pyridine rings is 2. The highest BCUT2D eigenvalue weighted by Crippen LogP contribution is 2.45. The summed E-state index contributed by atoms with van der Waals surface area (Å²) in [6.07, 6.45) is 6.64. The van der Waals surface area contributed by atoms with Gasteiger partial charge in [-0.2, -0.15) is 0 Å². The Morgan fingerprint density at radius 1 is 0.535 bits per heavy atom. The maximum atomic E-state index is 12.4. The Morgan fingerprint density at radius 2 is 0.972 bits per heavy atom. The Balaban J connectivity index is 0.000000166. The van der Waals surface area contributed by atoms with Gasteiger partial charge in [0.2, 0.25) is 5.88 Å². The van der Waals surface area contributed by atoms with Gasteiger partial charge in [-0.3, -0.25) is 4.90 Å². The second kappa shape index (κ2) is 20.1. The molecule has 1 saturated heterocycles. The summed E-state index contributed by atoms with van der Waals surface area (Å²) >= 11 is 32.8. The van der Waals surface area contributed by atoms with E-state index in [0.29, 0.717) is 93.4 Å². The van der Waals surface area contributed by atoms with E-state index in [2.05, 4.69) is 19.9 Å². The van der Waals surface area contributed by atoms with Crippen LogP contribution in [0.4, 0.5) is 0 Å². The third-order valence-electron chi connectivity index (χ3n) is 12.8. The Hall–Kier alpha value is -6.31. The first kappa shape index (κ1) is 48.3. The third kappa shape index (κ3) is 9.39. The van der Waals surface area contributed by atoms with E-state index in [1.54, 1.807) is 70.6 Å². The number of hydrogen-bond acceptors (Lipinski definition) is 8. The SMILES string of the molecule is Cn1cncc1C(O)(c1ccc(Cl)cc1)c1ccc2nc(Cl)c(-c3ccccc3)c(Cl)c2c1.Cn1cncc1C(O)(c1ccc(Cl)cc1)c1ccc2nc(OCCN3CC3)c(-c3ccccc3)c(Cl)c2c1. The Bertz CT molecular complexity index is 3540. The molecular weight excluding hydrogens is 996 g/mol. The summed E-state index contributed by atoms with van der Waals surface area (Å²) in [5.74, 6) is 0.503. The van der Waals surface area contributed by atoms with Gasteiger partial charge in [0.15, 0.2) is 11.2 Å². The smallest absolute Gasteiger partial charge is 0.223 e. The third-order valence-corrected chi connectivity index (χ3v) is 14.4. The zero-order valence-electron chi connectivity index (χ0n) is 38.3. The number of imidazole rings is 2. The second-order valence-corrected chi connectivity index (χ2v) is 19.3. The molecule has 2 atom stereocenters. The van der Waals surface area contributed by atoms with Gasteiger partial charge in [-0.15, -0.1) is 0 Å². The Labute approximate surface area is 435 Å². The minimum absolute atomic E-state index is 0.325. The molecule has 356 valence electrons. The first-order valence-electron chi connectivity index (χ1n) is 22.6. The molecule has 10 nitrogen and oxygen atoms in total. The average Bonchev–Trinajstić information content (AvgIpc) is 3.94. The monoisotopic (exact) mass is 1040 g/mol. The lowest BCUT2D eigenvalue weighted by molar-refractivity contribution is 0.117. The van der Waals surface area contributed by atoms with Gasteiger partial charge in [-0.1, -0.05) is 155 Å². The molecule has 15 heteroatoms. The molecule has 6 aromatic carbocycles. The lowest BCUT2D eigenvalue weighted by Gasteiger charge is -2.30. The minimum Gasteiger partial charge on any atom is -0.476 e. The number of rotatable bonds is 12. The van der Waals surface area contributed by atoms with E-state index in [4.69, 9.17) is 67.7 Å². The fraction of sp³-hybridized carbons (Fsp3) is 0.143. The van der Waals surface area contributed by atoms with Crippen LogP contribution < -0.4 is 4.74 Å². The van der Waals surface area contributed by atoms with Crippen molar-refractivity contribution >= 4 is 79.8 Å². The van der Waals surface area contributed by atoms with Crippen molar-refractivity contribution in [2.45, 2.75) is 11.2 Å². The van der Waals surface area contributed by atoms with Crippen molar-refractivity contribution in [1.82, 2.24) is 34.0 Å². The van der Waals surface area contributed by atoms with Gasteiger partial charge in [0.05, 0.1) is 63.1 Å². The molecule has 2 unspecified atom stereocenters. The molecule has 1 fully saturated rings. The molecule has 0 bridgehead atoms. The van der Waals surface area contributed by atoms with Crippen molar-refractivity contribution in [3.8, 4) is 28.1 Å². The normalized spacial score (nSPS) is 14.2. The van der Waals surface area contributed by atoms with Crippen LogP contribution in [0.3, 0.4) is 0 Å². The lowest BCUT2D eigenvalue weighted by atomic mass is 9.83. The van der Waals surface area contributed by atoms with Crippen LogP contribution in [-0.4, -0.2) is 70.4 Å². The van der Waals surface area contributed by atoms with Crippen LogP contribution in [-0.2, 0) is 25.3 Å². The van der Waals surface area contributed by atoms with Crippen LogP contribution in [0.15, 0.2) is 171 Å². The fourth-order valence-electron chi connectivity index (χ4n) is 8.94. The topological polar surface area (TPSA) is 114 Å². The first-order chi connectivity index (χ1) is 34.3. The maximum Gasteiger partial charge on any atom is 0.223 e. The molecule has 0 amide bonds. The van der Waals surface area contributed by atoms with Crippen molar-refractivity contribution in [2.75, 3.05) is 26.2 Å². The number of benzene rings is 6. The highest BCUT2D eigenvalue weighted by atomic mass is 35.5. The van der Waals surface area contributed by atoms with Gasteiger partial charge in [0.25, 0.3) is 0 Å². The van der Waals surface area contributed by atoms with Gasteiger partial charge < -0.3 is 24.1 Å². The number of halogens is 5. The maximum absolute atomic E-state index is 12.4. The van der Waals surface area contributed by atoms with Gasteiger partial charge >= 0.3 is 0 Å². The predicted molar refractivity (Wildman–Crippen MR) is 285 cm³/mol. The summed E-state index contributed by atoms with van der Waals surface area (Å²) in [4.78, 5) is 20.2. The highest BCUT2D eigenvalue weighted by molar-refractivity contribution is 6.42. The molecule has 0 radical (unpaired) electrons. The van der Waals surface area contributed by atoms with Gasteiger partial charge in [-0.25, -0.2) is 19.9 Å². The van der Waals surface area contributed by atoms with Crippen molar-refractivity contribution in [3.05, 3.63) is 230 Å². The molecule has 2 N–H and O–H groups in total. The largest absolute Gasteiger partial charge is 0.476 e. The van der Waals surface area contributed by atoms with Crippen molar-refractivity contribution < 1.29 is 14.9 Å². The van der Waals surface area contributed by atoms with Crippen molar-refractivity contribution in [3.63, 3.8) is 0 Å². The average molecular weight is 1040 g/mol. The summed E-state index contributed by atoms with van der Waals surface area (Å²) in [6, 6.07) is 45.0. The molecular formula is C56H44Cl5N7O3. The van der Waals surface area contributed by atoms with E-state index in [-0.39, 0.29) is 0 Å². The molecule has 71 heavy (non-hydrogen) atoms. The van der Waals surface area contributed by atoms with Gasteiger partial charge in [0.1, 0.15) is 11.8 Å². The van der Waals surface area contributed by atoms with Crippen LogP contribution in [0.1, 0.15) is 33.6 Å². The van der Waals surface area contributed by atoms with Gasteiger partial charge in [0, 0.05) is 60.1 Å². The Morgan fingerprint density at radius 3 is 1.42 bits per heavy atom. The molecule has 1 aliphatic heterocycles. The van der Waals surface area contributed by atoms with E-state index in [1.165, 1.54) is 0 Å². The zero-order valence-corrected chi connectivity index (χ0v) is 42.1. The van der Waals surface area contributed by atoms with E-state index >= 15 is 0 Å². The van der Waals surface area contributed by atoms with Crippen molar-refractivity contribution in [2.24, 2.45) is 14.1 Å². The summed E-state index contributed by atoms with van der Waals surface area (Å²) in [7, 11) is 3.69. The molecule has 11 rings (SSSR count). The van der Waals surface area contributed by atoms with Crippen LogP contribution in [0.5, 0.6) is 5.88 Å². The summed E-state index contributed by atoms with van der Waals surface area (Å²) in [6.45, 7) is 3.60. The number of aromatic nitrogens is 6. The molecule has 4 aromatic heterocycles. The number of ether oxygens (including phenoxy) is 1. The van der Waals surface area contributed by atoms with Crippen LogP contribution in [0, 0.1) is 0 Å². The van der Waals surface area contributed by atoms with Crippen LogP contribution >= 0.6 is 58.0 Å². The molecule has 0 aliphatic carbocycles. The molecule has 1 aliphatic rings. The van der Waals surface area contributed by atoms with E-state index in [0.717, 1.165) is 41.7 Å². The van der Waals surface area contributed by atoms with E-state index in [1.807, 2.05) is 123 Å². The molecule has 10 aromatic rings. The number of aliphatic hydroxyl groups is 2. The van der Waals surface area contributed by atoms with E-state index < -0.39 is 11.2 Å². The number of aryl methyl sites for hydroxylation is 2. The number of hydrogen-bond donors (Lipinski definition) is 2. The summed E-state index contributed by atoms with van der Waals surface area (Å²) < 4.78 is 9.77. The second-order valence-electron chi connectivity index (χ2n) is 17.3. The fourth-order valence-corrected chi connectivity index (χ4v) is 10.2.